The molecule has 5 rings (SSSR count). The zero-order valence-electron chi connectivity index (χ0n) is 25.3. The molecule has 8 nitrogen and oxygen atoms in total. The largest absolute Gasteiger partial charge is 0.508 e. The molecule has 3 aromatic rings. The molecule has 3 atom stereocenters. The van der Waals surface area contributed by atoms with E-state index in [2.05, 4.69) is 10.6 Å². The number of phenolic OH excluding ortho intramolecular Hbond substituents is 1. The van der Waals surface area contributed by atoms with Gasteiger partial charge in [-0.25, -0.2) is 0 Å². The van der Waals surface area contributed by atoms with E-state index >= 15 is 0 Å². The van der Waals surface area contributed by atoms with Crippen LogP contribution in [0.3, 0.4) is 0 Å². The van der Waals surface area contributed by atoms with Crippen LogP contribution in [0.1, 0.15) is 64.7 Å². The normalized spacial score (nSPS) is 18.9. The summed E-state index contributed by atoms with van der Waals surface area (Å²) in [5.41, 5.74) is 3.59. The lowest BCUT2D eigenvalue weighted by molar-refractivity contribution is -0.147. The van der Waals surface area contributed by atoms with Gasteiger partial charge in [0.15, 0.2) is 6.10 Å². The van der Waals surface area contributed by atoms with Crippen molar-refractivity contribution in [2.45, 2.75) is 81.9 Å². The first-order valence-corrected chi connectivity index (χ1v) is 16.3. The van der Waals surface area contributed by atoms with E-state index in [-0.39, 0.29) is 29.5 Å². The second-order valence-corrected chi connectivity index (χ2v) is 13.3. The average Bonchev–Trinajstić information content (AvgIpc) is 3.39. The molecule has 0 bridgehead atoms. The minimum Gasteiger partial charge on any atom is -0.508 e. The maximum atomic E-state index is 14.2. The molecule has 1 aliphatic heterocycles. The van der Waals surface area contributed by atoms with Gasteiger partial charge < -0.3 is 25.7 Å². The summed E-state index contributed by atoms with van der Waals surface area (Å²) in [5, 5.41) is 27.8. The Morgan fingerprint density at radius 3 is 2.39 bits per heavy atom. The predicted octanol–water partition coefficient (Wildman–Crippen LogP) is 4.63. The van der Waals surface area contributed by atoms with Crippen molar-refractivity contribution < 1.29 is 24.6 Å². The van der Waals surface area contributed by atoms with E-state index in [1.807, 2.05) is 61.5 Å². The molecule has 0 unspecified atom stereocenters. The number of aromatic hydroxyl groups is 1. The second-order valence-electron chi connectivity index (χ2n) is 11.9. The van der Waals surface area contributed by atoms with Crippen LogP contribution in [0.15, 0.2) is 72.8 Å². The summed E-state index contributed by atoms with van der Waals surface area (Å²) >= 11 is 1.63. The number of carbonyl (C=O) groups excluding carboxylic acids is 3. The van der Waals surface area contributed by atoms with Gasteiger partial charge in [0.1, 0.15) is 11.8 Å². The minimum absolute atomic E-state index is 0.0136. The lowest BCUT2D eigenvalue weighted by Gasteiger charge is -2.39. The van der Waals surface area contributed by atoms with Crippen molar-refractivity contribution in [1.29, 1.82) is 0 Å². The number of nitrogens with one attached hydrogen (secondary N) is 2. The number of carbonyl (C=O) groups is 3. The summed E-state index contributed by atoms with van der Waals surface area (Å²) in [6.07, 6.45) is 3.30. The van der Waals surface area contributed by atoms with Gasteiger partial charge in [0.05, 0.1) is 11.9 Å². The Bertz CT molecular complexity index is 1490. The number of aliphatic hydroxyl groups is 1. The zero-order valence-corrected chi connectivity index (χ0v) is 26.1. The Hall–Kier alpha value is -3.82. The fourth-order valence-electron chi connectivity index (χ4n) is 6.43. The Kier molecular flexibility index (Phi) is 9.96. The van der Waals surface area contributed by atoms with Gasteiger partial charge >= 0.3 is 0 Å². The number of benzene rings is 3. The number of thioether (sulfide) groups is 1. The number of hydrogen-bond donors (Lipinski definition) is 4. The van der Waals surface area contributed by atoms with Crippen LogP contribution in [0.25, 0.3) is 0 Å². The number of nitrogens with zero attached hydrogens (tertiary/aromatic N) is 1. The first kappa shape index (κ1) is 31.6. The first-order valence-electron chi connectivity index (χ1n) is 15.3. The van der Waals surface area contributed by atoms with Crippen LogP contribution >= 0.6 is 11.8 Å². The fraction of sp³-hybridized carbons (Fsp3) is 0.400. The van der Waals surface area contributed by atoms with Gasteiger partial charge in [-0.1, -0.05) is 79.9 Å². The number of phenols is 1. The summed E-state index contributed by atoms with van der Waals surface area (Å²) < 4.78 is -0.416. The van der Waals surface area contributed by atoms with E-state index in [0.29, 0.717) is 12.1 Å². The highest BCUT2D eigenvalue weighted by molar-refractivity contribution is 8.01. The third-order valence-electron chi connectivity index (χ3n) is 9.05. The molecule has 44 heavy (non-hydrogen) atoms. The van der Waals surface area contributed by atoms with Crippen LogP contribution in [0.4, 0.5) is 0 Å². The lowest BCUT2D eigenvalue weighted by atomic mass is 9.81. The van der Waals surface area contributed by atoms with Crippen molar-refractivity contribution in [3.8, 4) is 5.75 Å². The Balaban J connectivity index is 1.40. The van der Waals surface area contributed by atoms with Gasteiger partial charge in [-0.2, -0.15) is 0 Å². The van der Waals surface area contributed by atoms with Crippen molar-refractivity contribution in [3.63, 3.8) is 0 Å². The maximum absolute atomic E-state index is 14.2. The van der Waals surface area contributed by atoms with Crippen molar-refractivity contribution in [2.75, 3.05) is 5.88 Å². The molecular formula is C35H41N3O5S. The molecule has 3 amide bonds. The molecular weight excluding hydrogens is 574 g/mol. The molecule has 3 aromatic carbocycles. The molecule has 1 saturated carbocycles. The number of hydrogen-bond acceptors (Lipinski definition) is 6. The molecule has 232 valence electrons. The summed E-state index contributed by atoms with van der Waals surface area (Å²) in [5.74, 6) is -1.03. The summed E-state index contributed by atoms with van der Waals surface area (Å²) in [6.45, 7) is 3.99. The molecule has 4 N–H and O–H groups in total. The number of aryl methyl sites for hydroxylation is 1. The van der Waals surface area contributed by atoms with Crippen LogP contribution < -0.4 is 10.6 Å². The van der Waals surface area contributed by atoms with Gasteiger partial charge in [0.2, 0.25) is 5.91 Å². The van der Waals surface area contributed by atoms with Crippen molar-refractivity contribution in [3.05, 3.63) is 101 Å². The third kappa shape index (κ3) is 6.79. The van der Waals surface area contributed by atoms with Gasteiger partial charge in [-0.15, -0.1) is 11.8 Å². The van der Waals surface area contributed by atoms with Crippen molar-refractivity contribution in [2.24, 2.45) is 0 Å². The highest BCUT2D eigenvalue weighted by atomic mass is 32.2. The number of rotatable bonds is 9. The van der Waals surface area contributed by atoms with Gasteiger partial charge in [-0.3, -0.25) is 14.4 Å². The minimum atomic E-state index is -1.59. The summed E-state index contributed by atoms with van der Waals surface area (Å²) in [6, 6.07) is 20.2. The summed E-state index contributed by atoms with van der Waals surface area (Å²) in [7, 11) is 0. The molecule has 0 aromatic heterocycles. The smallest absolute Gasteiger partial charge is 0.254 e. The van der Waals surface area contributed by atoms with Crippen molar-refractivity contribution >= 4 is 29.5 Å². The van der Waals surface area contributed by atoms with E-state index in [1.165, 1.54) is 11.0 Å². The zero-order chi connectivity index (χ0) is 31.3. The van der Waals surface area contributed by atoms with E-state index in [1.54, 1.807) is 30.8 Å². The molecule has 0 radical (unpaired) electrons. The van der Waals surface area contributed by atoms with Gasteiger partial charge in [0.25, 0.3) is 11.8 Å². The molecule has 1 heterocycles. The second kappa shape index (κ2) is 13.9. The molecule has 1 spiro atoms. The Labute approximate surface area is 263 Å². The molecule has 1 saturated heterocycles. The Morgan fingerprint density at radius 1 is 0.955 bits per heavy atom. The van der Waals surface area contributed by atoms with E-state index in [9.17, 15) is 24.6 Å². The average molecular weight is 616 g/mol. The van der Waals surface area contributed by atoms with Crippen LogP contribution in [0, 0.1) is 13.8 Å². The van der Waals surface area contributed by atoms with Crippen LogP contribution in [-0.4, -0.2) is 61.6 Å². The topological polar surface area (TPSA) is 119 Å². The van der Waals surface area contributed by atoms with Gasteiger partial charge in [0, 0.05) is 22.4 Å². The van der Waals surface area contributed by atoms with Crippen LogP contribution in [0.5, 0.6) is 5.75 Å². The highest BCUT2D eigenvalue weighted by Gasteiger charge is 2.54. The highest BCUT2D eigenvalue weighted by Crippen LogP contribution is 2.49. The summed E-state index contributed by atoms with van der Waals surface area (Å²) in [4.78, 5) is 43.0. The monoisotopic (exact) mass is 615 g/mol. The van der Waals surface area contributed by atoms with E-state index < -0.39 is 34.7 Å². The third-order valence-corrected chi connectivity index (χ3v) is 10.7. The van der Waals surface area contributed by atoms with E-state index in [4.69, 9.17) is 0 Å². The first-order chi connectivity index (χ1) is 21.2. The van der Waals surface area contributed by atoms with Crippen molar-refractivity contribution in [1.82, 2.24) is 15.5 Å². The standard InChI is InChI=1S/C35H41N3O5S/c1-23-12-7-8-15-26(23)21-36-33(42)31-35(18-9-4-10-19-35)44-22-38(31)34(43)30(40)28(20-25-13-5-3-6-14-25)37-32(41)27-16-11-17-29(39)24(27)2/h3,5-8,11-17,28,30-31,39-40H,4,9-10,18-22H2,1-2H3,(H,36,42)(H,37,41)/t28-,30-,31+/m0/s1. The fourth-order valence-corrected chi connectivity index (χ4v) is 8.07. The van der Waals surface area contributed by atoms with Gasteiger partial charge in [-0.05, 0) is 61.9 Å². The van der Waals surface area contributed by atoms with Crippen LogP contribution in [0.2, 0.25) is 0 Å². The quantitative estimate of drug-likeness (QED) is 0.279. The molecule has 2 aliphatic rings. The maximum Gasteiger partial charge on any atom is 0.254 e. The molecule has 2 fully saturated rings. The SMILES string of the molecule is Cc1ccccc1CNC(=O)[C@H]1N(C(=O)[C@@H](O)[C@H](Cc2ccccc2)NC(=O)c2cccc(O)c2C)CSC12CCCCC2. The van der Waals surface area contributed by atoms with Crippen LogP contribution in [-0.2, 0) is 22.6 Å². The van der Waals surface area contributed by atoms with E-state index in [0.717, 1.165) is 48.8 Å². The number of amides is 3. The molecule has 9 heteroatoms. The Morgan fingerprint density at radius 2 is 1.66 bits per heavy atom. The molecule has 1 aliphatic carbocycles. The number of aliphatic hydroxyl groups excluding tert-OH is 1. The predicted molar refractivity (Wildman–Crippen MR) is 172 cm³/mol. The lowest BCUT2D eigenvalue weighted by Crippen LogP contribution is -2.60.